The summed E-state index contributed by atoms with van der Waals surface area (Å²) in [7, 11) is 2.87. The minimum absolute atomic E-state index is 0.315. The molecule has 0 heterocycles. The molecule has 0 aromatic heterocycles. The van der Waals surface area contributed by atoms with Crippen molar-refractivity contribution in [2.45, 2.75) is 32.6 Å². The van der Waals surface area contributed by atoms with Crippen LogP contribution in [0.3, 0.4) is 0 Å². The van der Waals surface area contributed by atoms with E-state index in [1.165, 1.54) is 14.0 Å². The Hall–Kier alpha value is -2.08. The average molecular weight is 295 g/mol. The number of amides is 1. The zero-order valence-corrected chi connectivity index (χ0v) is 12.7. The first-order valence-electron chi connectivity index (χ1n) is 6.57. The Balaban J connectivity index is 2.61. The largest absolute Gasteiger partial charge is 0.497 e. The van der Waals surface area contributed by atoms with Crippen molar-refractivity contribution in [1.29, 1.82) is 0 Å². The summed E-state index contributed by atoms with van der Waals surface area (Å²) in [4.78, 5) is 22.8. The van der Waals surface area contributed by atoms with Gasteiger partial charge in [-0.3, -0.25) is 4.79 Å². The Kier molecular flexibility index (Phi) is 6.68. The van der Waals surface area contributed by atoms with Crippen molar-refractivity contribution in [2.75, 3.05) is 14.2 Å². The van der Waals surface area contributed by atoms with Gasteiger partial charge in [-0.2, -0.15) is 0 Å². The Morgan fingerprint density at radius 2 is 1.81 bits per heavy atom. The zero-order chi connectivity index (χ0) is 15.8. The number of methoxy groups -OCH3 is 2. The van der Waals surface area contributed by atoms with Crippen molar-refractivity contribution in [3.05, 3.63) is 29.8 Å². The quantitative estimate of drug-likeness (QED) is 0.767. The van der Waals surface area contributed by atoms with Crippen LogP contribution in [0.1, 0.15) is 19.4 Å². The summed E-state index contributed by atoms with van der Waals surface area (Å²) in [6.07, 6.45) is -0.511. The van der Waals surface area contributed by atoms with E-state index in [0.717, 1.165) is 11.3 Å². The minimum atomic E-state index is -0.828. The summed E-state index contributed by atoms with van der Waals surface area (Å²) in [5.41, 5.74) is 0.939. The highest BCUT2D eigenvalue weighted by Crippen LogP contribution is 2.13. The second-order valence-electron chi connectivity index (χ2n) is 4.57. The summed E-state index contributed by atoms with van der Waals surface area (Å²) >= 11 is 0. The van der Waals surface area contributed by atoms with Gasteiger partial charge in [0, 0.05) is 6.92 Å². The molecular formula is C15H21NO5. The first-order chi connectivity index (χ1) is 9.97. The monoisotopic (exact) mass is 295 g/mol. The van der Waals surface area contributed by atoms with Crippen LogP contribution in [0.25, 0.3) is 0 Å². The Morgan fingerprint density at radius 1 is 1.19 bits per heavy atom. The van der Waals surface area contributed by atoms with Gasteiger partial charge in [-0.05, 0) is 24.6 Å². The molecule has 6 heteroatoms. The molecule has 6 nitrogen and oxygen atoms in total. The molecule has 0 bridgehead atoms. The molecule has 0 unspecified atom stereocenters. The summed E-state index contributed by atoms with van der Waals surface area (Å²) in [5, 5.41) is 2.53. The Labute approximate surface area is 124 Å². The lowest BCUT2D eigenvalue weighted by molar-refractivity contribution is -0.149. The zero-order valence-electron chi connectivity index (χ0n) is 12.7. The molecule has 1 rings (SSSR count). The van der Waals surface area contributed by atoms with Crippen molar-refractivity contribution in [2.24, 2.45) is 0 Å². The maximum absolute atomic E-state index is 11.7. The number of hydrogen-bond acceptors (Lipinski definition) is 5. The first kappa shape index (κ1) is 17.0. The fourth-order valence-corrected chi connectivity index (χ4v) is 1.76. The maximum atomic E-state index is 11.7. The summed E-state index contributed by atoms with van der Waals surface area (Å²) in [6, 6.07) is 6.57. The Bertz CT molecular complexity index is 471. The van der Waals surface area contributed by atoms with Gasteiger partial charge in [-0.1, -0.05) is 12.1 Å². The third kappa shape index (κ3) is 5.43. The third-order valence-corrected chi connectivity index (χ3v) is 2.96. The highest BCUT2D eigenvalue weighted by atomic mass is 16.5. The van der Waals surface area contributed by atoms with Gasteiger partial charge in [-0.15, -0.1) is 0 Å². The lowest BCUT2D eigenvalue weighted by atomic mass is 10.1. The van der Waals surface area contributed by atoms with Crippen LogP contribution in [0.5, 0.6) is 5.75 Å². The van der Waals surface area contributed by atoms with E-state index < -0.39 is 18.1 Å². The van der Waals surface area contributed by atoms with Crippen LogP contribution in [-0.2, 0) is 25.7 Å². The topological polar surface area (TPSA) is 73.9 Å². The van der Waals surface area contributed by atoms with E-state index in [1.807, 2.05) is 24.3 Å². The van der Waals surface area contributed by atoms with Gasteiger partial charge in [0.2, 0.25) is 5.91 Å². The molecule has 0 radical (unpaired) electrons. The molecule has 0 spiro atoms. The van der Waals surface area contributed by atoms with E-state index in [0.29, 0.717) is 6.61 Å². The maximum Gasteiger partial charge on any atom is 0.331 e. The second-order valence-corrected chi connectivity index (χ2v) is 4.57. The van der Waals surface area contributed by atoms with Gasteiger partial charge in [0.15, 0.2) is 6.04 Å². The van der Waals surface area contributed by atoms with Crippen LogP contribution in [-0.4, -0.2) is 38.2 Å². The molecule has 1 aromatic carbocycles. The second kappa shape index (κ2) is 8.26. The van der Waals surface area contributed by atoms with Crippen LogP contribution in [0.15, 0.2) is 24.3 Å². The molecule has 1 N–H and O–H groups in total. The predicted molar refractivity (Wildman–Crippen MR) is 76.9 cm³/mol. The number of ether oxygens (including phenoxy) is 3. The van der Waals surface area contributed by atoms with Gasteiger partial charge in [0.05, 0.1) is 26.9 Å². The molecule has 0 fully saturated rings. The lowest BCUT2D eigenvalue weighted by Gasteiger charge is -2.22. The number of hydrogen-bond donors (Lipinski definition) is 1. The summed E-state index contributed by atoms with van der Waals surface area (Å²) in [6.45, 7) is 3.37. The molecule has 1 amide bonds. The van der Waals surface area contributed by atoms with Gasteiger partial charge in [-0.25, -0.2) is 4.79 Å². The number of rotatable bonds is 7. The molecule has 0 saturated heterocycles. The molecular weight excluding hydrogens is 274 g/mol. The van der Waals surface area contributed by atoms with Crippen LogP contribution < -0.4 is 10.1 Å². The standard InChI is InChI=1S/C15H21NO5/c1-10(14(15(18)20-4)16-11(2)17)21-9-12-5-7-13(19-3)8-6-12/h5-8,10,14H,9H2,1-4H3,(H,16,17)/t10-,14+/m1/s1. The molecule has 0 aliphatic heterocycles. The smallest absolute Gasteiger partial charge is 0.331 e. The van der Waals surface area contributed by atoms with Gasteiger partial charge >= 0.3 is 5.97 Å². The van der Waals surface area contributed by atoms with Gasteiger partial charge in [0.25, 0.3) is 0 Å². The number of carbonyl (C=O) groups is 2. The molecule has 0 aliphatic carbocycles. The van der Waals surface area contributed by atoms with E-state index >= 15 is 0 Å². The molecule has 116 valence electrons. The first-order valence-corrected chi connectivity index (χ1v) is 6.57. The average Bonchev–Trinajstić information content (AvgIpc) is 2.49. The number of carbonyl (C=O) groups excluding carboxylic acids is 2. The van der Waals surface area contributed by atoms with Crippen LogP contribution in [0.4, 0.5) is 0 Å². The van der Waals surface area contributed by atoms with E-state index in [9.17, 15) is 9.59 Å². The highest BCUT2D eigenvalue weighted by molar-refractivity contribution is 5.83. The van der Waals surface area contributed by atoms with Crippen LogP contribution >= 0.6 is 0 Å². The van der Waals surface area contributed by atoms with E-state index in [4.69, 9.17) is 9.47 Å². The van der Waals surface area contributed by atoms with Crippen LogP contribution in [0, 0.1) is 0 Å². The van der Waals surface area contributed by atoms with Crippen molar-refractivity contribution in [3.8, 4) is 5.75 Å². The van der Waals surface area contributed by atoms with Crippen molar-refractivity contribution in [3.63, 3.8) is 0 Å². The van der Waals surface area contributed by atoms with Gasteiger partial charge in [0.1, 0.15) is 5.75 Å². The predicted octanol–water partition coefficient (Wildman–Crippen LogP) is 1.28. The number of nitrogens with one attached hydrogen (secondary N) is 1. The van der Waals surface area contributed by atoms with Gasteiger partial charge < -0.3 is 19.5 Å². The molecule has 0 saturated carbocycles. The SMILES string of the molecule is COC(=O)[C@@H](NC(C)=O)[C@@H](C)OCc1ccc(OC)cc1. The third-order valence-electron chi connectivity index (χ3n) is 2.96. The number of esters is 1. The van der Waals surface area contributed by atoms with E-state index in [2.05, 4.69) is 10.1 Å². The Morgan fingerprint density at radius 3 is 2.29 bits per heavy atom. The van der Waals surface area contributed by atoms with Crippen LogP contribution in [0.2, 0.25) is 0 Å². The molecule has 0 aliphatic rings. The van der Waals surface area contributed by atoms with Crippen molar-refractivity contribution in [1.82, 2.24) is 5.32 Å². The fraction of sp³-hybridized carbons (Fsp3) is 0.467. The highest BCUT2D eigenvalue weighted by Gasteiger charge is 2.27. The van der Waals surface area contributed by atoms with E-state index in [1.54, 1.807) is 14.0 Å². The minimum Gasteiger partial charge on any atom is -0.497 e. The number of benzene rings is 1. The van der Waals surface area contributed by atoms with Crippen molar-refractivity contribution >= 4 is 11.9 Å². The molecule has 21 heavy (non-hydrogen) atoms. The summed E-state index contributed by atoms with van der Waals surface area (Å²) in [5.74, 6) is -0.0878. The normalized spacial score (nSPS) is 13.1. The molecule has 1 aromatic rings. The fourth-order valence-electron chi connectivity index (χ4n) is 1.76. The van der Waals surface area contributed by atoms with E-state index in [-0.39, 0.29) is 5.91 Å². The molecule has 2 atom stereocenters. The lowest BCUT2D eigenvalue weighted by Crippen LogP contribution is -2.48. The van der Waals surface area contributed by atoms with Crippen molar-refractivity contribution < 1.29 is 23.8 Å². The summed E-state index contributed by atoms with van der Waals surface area (Å²) < 4.78 is 15.4.